The van der Waals surface area contributed by atoms with E-state index >= 15 is 0 Å². The molecule has 0 N–H and O–H groups in total. The molecule has 0 fully saturated rings. The molecule has 0 aromatic carbocycles. The fourth-order valence-corrected chi connectivity index (χ4v) is 3.40. The van der Waals surface area contributed by atoms with Gasteiger partial charge in [-0.05, 0) is 63.0 Å². The molecule has 0 amide bonds. The summed E-state index contributed by atoms with van der Waals surface area (Å²) in [6.45, 7) is 13.6. The summed E-state index contributed by atoms with van der Waals surface area (Å²) in [7, 11) is 0. The van der Waals surface area contributed by atoms with Gasteiger partial charge in [0.2, 0.25) is 0 Å². The van der Waals surface area contributed by atoms with Gasteiger partial charge in [-0.15, -0.1) is 0 Å². The Morgan fingerprint density at radius 2 is 1.93 bits per heavy atom. The molecule has 1 nitrogen and oxygen atoms in total. The average Bonchev–Trinajstić information content (AvgIpc) is 2.60. The Kier molecular flexibility index (Phi) is 10.3. The molecule has 0 aliphatic heterocycles. The molecule has 2 heteroatoms. The molecule has 150 valence electrons. The Morgan fingerprint density at radius 1 is 1.19 bits per heavy atom. The number of unbranched alkanes of at least 4 members (excludes halogenated alkanes) is 2. The van der Waals surface area contributed by atoms with Gasteiger partial charge in [0.1, 0.15) is 5.83 Å². The summed E-state index contributed by atoms with van der Waals surface area (Å²) in [5.74, 6) is -0.255. The average molecular weight is 372 g/mol. The third kappa shape index (κ3) is 8.69. The lowest BCUT2D eigenvalue weighted by Gasteiger charge is -2.32. The summed E-state index contributed by atoms with van der Waals surface area (Å²) in [6, 6.07) is 0. The molecule has 0 radical (unpaired) electrons. The molecule has 0 aromatic heterocycles. The molecule has 0 heterocycles. The number of allylic oxidation sites excluding steroid dienone is 10. The van der Waals surface area contributed by atoms with Crippen LogP contribution in [0.1, 0.15) is 80.1 Å². The molecular weight excluding hydrogens is 333 g/mol. The molecule has 0 bridgehead atoms. The number of rotatable bonds is 9. The predicted octanol–water partition coefficient (Wildman–Crippen LogP) is 8.08. The Bertz CT molecular complexity index is 654. The maximum Gasteiger partial charge on any atom is 0.143 e. The van der Waals surface area contributed by atoms with Crippen LogP contribution in [0.5, 0.6) is 0 Å². The van der Waals surface area contributed by atoms with E-state index in [1.54, 1.807) is 13.0 Å². The highest BCUT2D eigenvalue weighted by Gasteiger charge is 2.26. The van der Waals surface area contributed by atoms with E-state index in [4.69, 9.17) is 0 Å². The molecule has 0 aromatic rings. The molecule has 1 aliphatic rings. The van der Waals surface area contributed by atoms with Crippen molar-refractivity contribution in [2.75, 3.05) is 6.54 Å². The fraction of sp³-hybridized carbons (Fsp3) is 0.560. The lowest BCUT2D eigenvalue weighted by atomic mass is 9.72. The van der Waals surface area contributed by atoms with Crippen LogP contribution in [0.2, 0.25) is 0 Å². The lowest BCUT2D eigenvalue weighted by Crippen LogP contribution is -2.19. The van der Waals surface area contributed by atoms with Gasteiger partial charge in [0.25, 0.3) is 0 Å². The van der Waals surface area contributed by atoms with Crippen LogP contribution >= 0.6 is 0 Å². The van der Waals surface area contributed by atoms with Gasteiger partial charge < -0.3 is 0 Å². The number of nitrogens with zero attached hydrogens (tertiary/aromatic N) is 1. The summed E-state index contributed by atoms with van der Waals surface area (Å²) in [6.07, 6.45) is 18.6. The summed E-state index contributed by atoms with van der Waals surface area (Å²) in [5, 5.41) is 0. The van der Waals surface area contributed by atoms with E-state index in [1.807, 2.05) is 12.2 Å². The summed E-state index contributed by atoms with van der Waals surface area (Å²) in [4.78, 5) is 4.15. The molecule has 0 spiro atoms. The topological polar surface area (TPSA) is 12.4 Å². The second-order valence-electron chi connectivity index (χ2n) is 8.31. The van der Waals surface area contributed by atoms with Gasteiger partial charge in [0, 0.05) is 6.54 Å². The number of halogens is 1. The minimum atomic E-state index is -0.255. The monoisotopic (exact) mass is 371 g/mol. The van der Waals surface area contributed by atoms with Crippen molar-refractivity contribution in [1.82, 2.24) is 0 Å². The third-order valence-corrected chi connectivity index (χ3v) is 5.23. The van der Waals surface area contributed by atoms with E-state index in [9.17, 15) is 4.39 Å². The highest BCUT2D eigenvalue weighted by Crippen LogP contribution is 2.40. The second kappa shape index (κ2) is 11.9. The van der Waals surface area contributed by atoms with Crippen LogP contribution in [0.25, 0.3) is 0 Å². The molecule has 0 unspecified atom stereocenters. The van der Waals surface area contributed by atoms with Crippen LogP contribution in [0.15, 0.2) is 63.5 Å². The van der Waals surface area contributed by atoms with Crippen molar-refractivity contribution in [3.8, 4) is 0 Å². The second-order valence-corrected chi connectivity index (χ2v) is 8.31. The van der Waals surface area contributed by atoms with Crippen molar-refractivity contribution < 1.29 is 4.39 Å². The van der Waals surface area contributed by atoms with Crippen LogP contribution in [0, 0.1) is 5.41 Å². The third-order valence-electron chi connectivity index (χ3n) is 5.23. The molecule has 1 rings (SSSR count). The van der Waals surface area contributed by atoms with E-state index in [2.05, 4.69) is 51.8 Å². The van der Waals surface area contributed by atoms with Crippen molar-refractivity contribution in [2.45, 2.75) is 80.1 Å². The Morgan fingerprint density at radius 3 is 2.59 bits per heavy atom. The molecule has 0 saturated heterocycles. The van der Waals surface area contributed by atoms with Crippen molar-refractivity contribution >= 4 is 6.21 Å². The van der Waals surface area contributed by atoms with Crippen LogP contribution in [0.3, 0.4) is 0 Å². The zero-order valence-corrected chi connectivity index (χ0v) is 18.2. The highest BCUT2D eigenvalue weighted by atomic mass is 19.1. The zero-order valence-electron chi connectivity index (χ0n) is 18.2. The molecule has 0 atom stereocenters. The smallest absolute Gasteiger partial charge is 0.143 e. The van der Waals surface area contributed by atoms with E-state index in [0.717, 1.165) is 24.8 Å². The molecule has 1 aliphatic carbocycles. The number of aliphatic imine (C=N–C) groups is 1. The maximum absolute atomic E-state index is 14.0. The number of hydrogen-bond donors (Lipinski definition) is 0. The quantitative estimate of drug-likeness (QED) is 0.221. The Balaban J connectivity index is 2.68. The molecule has 27 heavy (non-hydrogen) atoms. The number of hydrogen-bond acceptors (Lipinski definition) is 1. The van der Waals surface area contributed by atoms with Crippen LogP contribution in [-0.2, 0) is 0 Å². The van der Waals surface area contributed by atoms with E-state index in [0.29, 0.717) is 12.1 Å². The van der Waals surface area contributed by atoms with Gasteiger partial charge in [0.05, 0.1) is 6.21 Å². The summed E-state index contributed by atoms with van der Waals surface area (Å²) >= 11 is 0. The zero-order chi connectivity index (χ0) is 20.3. The van der Waals surface area contributed by atoms with Gasteiger partial charge >= 0.3 is 0 Å². The lowest BCUT2D eigenvalue weighted by molar-refractivity contribution is 0.377. The standard InChI is InChI=1S/C25H38FN/c1-7-8-9-18-27-19-24(26)22(4)13-10-12-20(2)15-16-23-21(3)14-11-17-25(23,5)6/h10,12-13,15-16,19H,7-9,11,14,17-18H2,1-6H3/b13-10+,16-15+,20-12-,24-22-,27-19?. The highest BCUT2D eigenvalue weighted by molar-refractivity contribution is 5.77. The molecular formula is C25H38FN. The largest absolute Gasteiger partial charge is 0.290 e. The summed E-state index contributed by atoms with van der Waals surface area (Å²) in [5.41, 5.74) is 4.99. The first-order chi connectivity index (χ1) is 12.8. The van der Waals surface area contributed by atoms with Crippen LogP contribution in [0.4, 0.5) is 4.39 Å². The minimum absolute atomic E-state index is 0.255. The van der Waals surface area contributed by atoms with Gasteiger partial charge in [-0.2, -0.15) is 0 Å². The van der Waals surface area contributed by atoms with Crippen LogP contribution < -0.4 is 0 Å². The van der Waals surface area contributed by atoms with Gasteiger partial charge in [-0.3, -0.25) is 4.99 Å². The first-order valence-corrected chi connectivity index (χ1v) is 10.4. The van der Waals surface area contributed by atoms with Crippen molar-refractivity contribution in [1.29, 1.82) is 0 Å². The van der Waals surface area contributed by atoms with Crippen molar-refractivity contribution in [3.63, 3.8) is 0 Å². The van der Waals surface area contributed by atoms with Gasteiger partial charge in [0.15, 0.2) is 0 Å². The van der Waals surface area contributed by atoms with E-state index < -0.39 is 0 Å². The summed E-state index contributed by atoms with van der Waals surface area (Å²) < 4.78 is 14.0. The van der Waals surface area contributed by atoms with E-state index in [1.165, 1.54) is 36.6 Å². The van der Waals surface area contributed by atoms with Gasteiger partial charge in [-0.25, -0.2) is 4.39 Å². The Hall–Kier alpha value is -1.70. The predicted molar refractivity (Wildman–Crippen MR) is 119 cm³/mol. The maximum atomic E-state index is 14.0. The van der Waals surface area contributed by atoms with Crippen LogP contribution in [-0.4, -0.2) is 12.8 Å². The SMILES string of the molecule is CCCCCN=C/C(F)=C(C)/C=C/C=C(C)\C=C\C1=C(C)CCCC1(C)C. The first kappa shape index (κ1) is 23.3. The normalized spacial score (nSPS) is 19.6. The van der Waals surface area contributed by atoms with E-state index in [-0.39, 0.29) is 11.2 Å². The van der Waals surface area contributed by atoms with Crippen molar-refractivity contribution in [2.24, 2.45) is 10.4 Å². The first-order valence-electron chi connectivity index (χ1n) is 10.4. The minimum Gasteiger partial charge on any atom is -0.290 e. The molecule has 0 saturated carbocycles. The van der Waals surface area contributed by atoms with Crippen molar-refractivity contribution in [3.05, 3.63) is 58.5 Å². The van der Waals surface area contributed by atoms with Gasteiger partial charge in [-0.1, -0.05) is 75.1 Å². The fourth-order valence-electron chi connectivity index (χ4n) is 3.40. The Labute approximate surface area is 166 Å².